The standard InChI is InChI=1S/C16H15N3O3S2/c1-10-4-3-5-14-15(10)18-16(23-14)19-24(21,22)13-8-6-12(7-9-13)17-11(2)20/h3-9H,1-2H3,(H,17,20)(H,18,19). The van der Waals surface area contributed by atoms with E-state index >= 15 is 0 Å². The summed E-state index contributed by atoms with van der Waals surface area (Å²) in [4.78, 5) is 15.5. The molecule has 0 aliphatic heterocycles. The van der Waals surface area contributed by atoms with E-state index in [1.165, 1.54) is 30.4 Å². The molecule has 0 saturated carbocycles. The maximum absolute atomic E-state index is 12.5. The van der Waals surface area contributed by atoms with Crippen LogP contribution in [0.3, 0.4) is 0 Å². The van der Waals surface area contributed by atoms with E-state index < -0.39 is 10.0 Å². The fraction of sp³-hybridized carbons (Fsp3) is 0.125. The monoisotopic (exact) mass is 361 g/mol. The minimum absolute atomic E-state index is 0.104. The molecule has 0 radical (unpaired) electrons. The summed E-state index contributed by atoms with van der Waals surface area (Å²) >= 11 is 1.29. The number of thiazole rings is 1. The smallest absolute Gasteiger partial charge is 0.263 e. The quantitative estimate of drug-likeness (QED) is 0.746. The van der Waals surface area contributed by atoms with Crippen molar-refractivity contribution in [3.8, 4) is 0 Å². The van der Waals surface area contributed by atoms with Gasteiger partial charge in [-0.1, -0.05) is 23.5 Å². The minimum Gasteiger partial charge on any atom is -0.326 e. The van der Waals surface area contributed by atoms with E-state index in [-0.39, 0.29) is 10.8 Å². The van der Waals surface area contributed by atoms with E-state index in [0.29, 0.717) is 10.8 Å². The number of rotatable bonds is 4. The van der Waals surface area contributed by atoms with Gasteiger partial charge in [-0.3, -0.25) is 9.52 Å². The van der Waals surface area contributed by atoms with Crippen LogP contribution in [0.5, 0.6) is 0 Å². The summed E-state index contributed by atoms with van der Waals surface area (Å²) in [5.41, 5.74) is 2.33. The first-order chi connectivity index (χ1) is 11.3. The summed E-state index contributed by atoms with van der Waals surface area (Å²) in [7, 11) is -3.73. The van der Waals surface area contributed by atoms with Gasteiger partial charge in [0.05, 0.1) is 15.1 Å². The van der Waals surface area contributed by atoms with E-state index in [9.17, 15) is 13.2 Å². The van der Waals surface area contributed by atoms with E-state index in [0.717, 1.165) is 15.8 Å². The first-order valence-electron chi connectivity index (χ1n) is 7.12. The van der Waals surface area contributed by atoms with Crippen molar-refractivity contribution < 1.29 is 13.2 Å². The van der Waals surface area contributed by atoms with Crippen molar-refractivity contribution in [3.05, 3.63) is 48.0 Å². The zero-order valence-electron chi connectivity index (χ0n) is 13.0. The lowest BCUT2D eigenvalue weighted by molar-refractivity contribution is -0.114. The average Bonchev–Trinajstić information content (AvgIpc) is 2.90. The second-order valence-electron chi connectivity index (χ2n) is 5.25. The Morgan fingerprint density at radius 1 is 1.12 bits per heavy atom. The van der Waals surface area contributed by atoms with Crippen LogP contribution in [-0.4, -0.2) is 19.3 Å². The normalized spacial score (nSPS) is 11.4. The highest BCUT2D eigenvalue weighted by Gasteiger charge is 2.17. The summed E-state index contributed by atoms with van der Waals surface area (Å²) in [6, 6.07) is 11.7. The summed E-state index contributed by atoms with van der Waals surface area (Å²) in [5.74, 6) is -0.214. The molecule has 0 aliphatic carbocycles. The van der Waals surface area contributed by atoms with Gasteiger partial charge in [0, 0.05) is 12.6 Å². The van der Waals surface area contributed by atoms with Crippen molar-refractivity contribution in [2.24, 2.45) is 0 Å². The largest absolute Gasteiger partial charge is 0.326 e. The Bertz CT molecular complexity index is 1010. The van der Waals surface area contributed by atoms with Crippen LogP contribution in [0.1, 0.15) is 12.5 Å². The number of fused-ring (bicyclic) bond motifs is 1. The van der Waals surface area contributed by atoms with Crippen LogP contribution in [0, 0.1) is 6.92 Å². The molecule has 0 spiro atoms. The molecular formula is C16H15N3O3S2. The lowest BCUT2D eigenvalue weighted by Gasteiger charge is -2.06. The van der Waals surface area contributed by atoms with Crippen molar-refractivity contribution >= 4 is 48.3 Å². The van der Waals surface area contributed by atoms with Gasteiger partial charge >= 0.3 is 0 Å². The average molecular weight is 361 g/mol. The molecule has 1 heterocycles. The lowest BCUT2D eigenvalue weighted by atomic mass is 10.2. The van der Waals surface area contributed by atoms with Crippen molar-refractivity contribution in [2.75, 3.05) is 10.0 Å². The Kier molecular flexibility index (Phi) is 4.25. The van der Waals surface area contributed by atoms with E-state index in [1.54, 1.807) is 12.1 Å². The molecule has 3 aromatic rings. The summed E-state index contributed by atoms with van der Waals surface area (Å²) in [6.45, 7) is 3.32. The number of sulfonamides is 1. The van der Waals surface area contributed by atoms with Crippen LogP contribution in [-0.2, 0) is 14.8 Å². The molecule has 0 saturated heterocycles. The molecule has 1 amide bonds. The number of benzene rings is 2. The van der Waals surface area contributed by atoms with Crippen molar-refractivity contribution in [1.82, 2.24) is 4.98 Å². The number of nitrogens with one attached hydrogen (secondary N) is 2. The van der Waals surface area contributed by atoms with Crippen LogP contribution < -0.4 is 10.0 Å². The maximum atomic E-state index is 12.5. The van der Waals surface area contributed by atoms with Crippen LogP contribution in [0.4, 0.5) is 10.8 Å². The predicted octanol–water partition coefficient (Wildman–Crippen LogP) is 3.36. The molecule has 0 aliphatic rings. The number of hydrogen-bond acceptors (Lipinski definition) is 5. The third kappa shape index (κ3) is 3.39. The lowest BCUT2D eigenvalue weighted by Crippen LogP contribution is -2.13. The molecule has 2 aromatic carbocycles. The Hall–Kier alpha value is -2.45. The zero-order valence-corrected chi connectivity index (χ0v) is 14.7. The van der Waals surface area contributed by atoms with Gasteiger partial charge < -0.3 is 5.32 Å². The van der Waals surface area contributed by atoms with E-state index in [2.05, 4.69) is 15.0 Å². The molecular weight excluding hydrogens is 346 g/mol. The topological polar surface area (TPSA) is 88.2 Å². The Morgan fingerprint density at radius 3 is 2.46 bits per heavy atom. The van der Waals surface area contributed by atoms with Crippen molar-refractivity contribution in [2.45, 2.75) is 18.7 Å². The first-order valence-corrected chi connectivity index (χ1v) is 9.42. The van der Waals surface area contributed by atoms with Crippen molar-refractivity contribution in [3.63, 3.8) is 0 Å². The zero-order chi connectivity index (χ0) is 17.3. The molecule has 8 heteroatoms. The van der Waals surface area contributed by atoms with Crippen LogP contribution >= 0.6 is 11.3 Å². The van der Waals surface area contributed by atoms with Gasteiger partial charge in [0.2, 0.25) is 5.91 Å². The number of anilines is 2. The third-order valence-electron chi connectivity index (χ3n) is 3.33. The number of para-hydroxylation sites is 1. The highest BCUT2D eigenvalue weighted by molar-refractivity contribution is 7.93. The summed E-state index contributed by atoms with van der Waals surface area (Å²) < 4.78 is 28.4. The second-order valence-corrected chi connectivity index (χ2v) is 7.96. The molecule has 0 unspecified atom stereocenters. The van der Waals surface area contributed by atoms with Crippen LogP contribution in [0.25, 0.3) is 10.2 Å². The number of amides is 1. The van der Waals surface area contributed by atoms with Crippen LogP contribution in [0.15, 0.2) is 47.4 Å². The number of carbonyl (C=O) groups excluding carboxylic acids is 1. The molecule has 2 N–H and O–H groups in total. The Balaban J connectivity index is 1.87. The van der Waals surface area contributed by atoms with Gasteiger partial charge in [0.25, 0.3) is 10.0 Å². The molecule has 0 atom stereocenters. The number of aromatic nitrogens is 1. The number of carbonyl (C=O) groups is 1. The summed E-state index contributed by atoms with van der Waals surface area (Å²) in [5, 5.41) is 2.92. The first kappa shape index (κ1) is 16.4. The van der Waals surface area contributed by atoms with Crippen molar-refractivity contribution in [1.29, 1.82) is 0 Å². The van der Waals surface area contributed by atoms with Gasteiger partial charge in [-0.2, -0.15) is 0 Å². The molecule has 6 nitrogen and oxygen atoms in total. The molecule has 24 heavy (non-hydrogen) atoms. The number of aryl methyl sites for hydroxylation is 1. The molecule has 0 bridgehead atoms. The third-order valence-corrected chi connectivity index (χ3v) is 5.75. The maximum Gasteiger partial charge on any atom is 0.263 e. The second kappa shape index (κ2) is 6.21. The SMILES string of the molecule is CC(=O)Nc1ccc(S(=O)(=O)Nc2nc3c(C)cccc3s2)cc1. The van der Waals surface area contributed by atoms with Crippen LogP contribution in [0.2, 0.25) is 0 Å². The molecule has 0 fully saturated rings. The van der Waals surface area contributed by atoms with E-state index in [4.69, 9.17) is 0 Å². The van der Waals surface area contributed by atoms with Gasteiger partial charge in [-0.25, -0.2) is 13.4 Å². The highest BCUT2D eigenvalue weighted by Crippen LogP contribution is 2.29. The summed E-state index contributed by atoms with van der Waals surface area (Å²) in [6.07, 6.45) is 0. The minimum atomic E-state index is -3.73. The highest BCUT2D eigenvalue weighted by atomic mass is 32.2. The fourth-order valence-electron chi connectivity index (χ4n) is 2.22. The molecule has 1 aromatic heterocycles. The van der Waals surface area contributed by atoms with Gasteiger partial charge in [-0.05, 0) is 42.8 Å². The van der Waals surface area contributed by atoms with E-state index in [1.807, 2.05) is 25.1 Å². The van der Waals surface area contributed by atoms with Gasteiger partial charge in [0.1, 0.15) is 0 Å². The number of hydrogen-bond donors (Lipinski definition) is 2. The molecule has 124 valence electrons. The molecule has 3 rings (SSSR count). The van der Waals surface area contributed by atoms with Gasteiger partial charge in [0.15, 0.2) is 5.13 Å². The fourth-order valence-corrected chi connectivity index (χ4v) is 4.40. The Morgan fingerprint density at radius 2 is 1.83 bits per heavy atom. The number of nitrogens with zero attached hydrogens (tertiary/aromatic N) is 1. The predicted molar refractivity (Wildman–Crippen MR) is 95.9 cm³/mol. The van der Waals surface area contributed by atoms with Gasteiger partial charge in [-0.15, -0.1) is 0 Å². The Labute approximate surface area is 143 Å².